The van der Waals surface area contributed by atoms with Crippen molar-refractivity contribution in [2.24, 2.45) is 0 Å². The van der Waals surface area contributed by atoms with Gasteiger partial charge in [-0.25, -0.2) is 4.98 Å². The fourth-order valence-corrected chi connectivity index (χ4v) is 2.13. The topological polar surface area (TPSA) is 39.1 Å². The summed E-state index contributed by atoms with van der Waals surface area (Å²) in [6.45, 7) is 0.775. The number of anilines is 1. The van der Waals surface area contributed by atoms with Crippen LogP contribution in [0.3, 0.4) is 0 Å². The summed E-state index contributed by atoms with van der Waals surface area (Å²) in [5.41, 5.74) is 3.38. The summed E-state index contributed by atoms with van der Waals surface area (Å²) >= 11 is 0. The predicted molar refractivity (Wildman–Crippen MR) is 83.9 cm³/mol. The SMILES string of the molecule is COc1cccc(NCc2ccc(-n3ccnc3)cc2)c1. The summed E-state index contributed by atoms with van der Waals surface area (Å²) < 4.78 is 7.20. The Balaban J connectivity index is 1.65. The Hall–Kier alpha value is -2.75. The summed E-state index contributed by atoms with van der Waals surface area (Å²) in [7, 11) is 1.67. The van der Waals surface area contributed by atoms with Gasteiger partial charge in [-0.15, -0.1) is 0 Å². The van der Waals surface area contributed by atoms with Gasteiger partial charge in [0.05, 0.1) is 13.4 Å². The van der Waals surface area contributed by atoms with E-state index in [1.54, 1.807) is 19.6 Å². The number of nitrogens with zero attached hydrogens (tertiary/aromatic N) is 2. The second-order valence-corrected chi connectivity index (χ2v) is 4.72. The molecule has 1 heterocycles. The van der Waals surface area contributed by atoms with Crippen molar-refractivity contribution < 1.29 is 4.74 Å². The second-order valence-electron chi connectivity index (χ2n) is 4.72. The van der Waals surface area contributed by atoms with Crippen molar-refractivity contribution in [1.82, 2.24) is 9.55 Å². The molecule has 0 radical (unpaired) electrons. The number of hydrogen-bond donors (Lipinski definition) is 1. The van der Waals surface area contributed by atoms with Gasteiger partial charge < -0.3 is 14.6 Å². The van der Waals surface area contributed by atoms with Crippen LogP contribution in [0.15, 0.2) is 67.3 Å². The molecule has 0 aliphatic carbocycles. The van der Waals surface area contributed by atoms with Crippen molar-refractivity contribution in [1.29, 1.82) is 0 Å². The fourth-order valence-electron chi connectivity index (χ4n) is 2.13. The van der Waals surface area contributed by atoms with Gasteiger partial charge in [-0.2, -0.15) is 0 Å². The van der Waals surface area contributed by atoms with Crippen molar-refractivity contribution >= 4 is 5.69 Å². The molecular weight excluding hydrogens is 262 g/mol. The lowest BCUT2D eigenvalue weighted by atomic mass is 10.2. The maximum Gasteiger partial charge on any atom is 0.120 e. The van der Waals surface area contributed by atoms with Gasteiger partial charge in [0.2, 0.25) is 0 Å². The molecule has 3 rings (SSSR count). The van der Waals surface area contributed by atoms with Gasteiger partial charge in [-0.1, -0.05) is 18.2 Å². The van der Waals surface area contributed by atoms with E-state index < -0.39 is 0 Å². The quantitative estimate of drug-likeness (QED) is 0.777. The highest BCUT2D eigenvalue weighted by atomic mass is 16.5. The number of aromatic nitrogens is 2. The van der Waals surface area contributed by atoms with Gasteiger partial charge in [-0.05, 0) is 29.8 Å². The molecule has 0 atom stereocenters. The van der Waals surface area contributed by atoms with E-state index >= 15 is 0 Å². The highest BCUT2D eigenvalue weighted by Crippen LogP contribution is 2.18. The molecule has 0 unspecified atom stereocenters. The van der Waals surface area contributed by atoms with Crippen LogP contribution >= 0.6 is 0 Å². The first-order valence-electron chi connectivity index (χ1n) is 6.80. The van der Waals surface area contributed by atoms with Crippen molar-refractivity contribution in [3.63, 3.8) is 0 Å². The largest absolute Gasteiger partial charge is 0.497 e. The molecule has 21 heavy (non-hydrogen) atoms. The molecule has 0 saturated carbocycles. The lowest BCUT2D eigenvalue weighted by Gasteiger charge is -2.09. The van der Waals surface area contributed by atoms with Crippen molar-refractivity contribution in [2.75, 3.05) is 12.4 Å². The maximum atomic E-state index is 5.22. The van der Waals surface area contributed by atoms with E-state index in [0.29, 0.717) is 0 Å². The molecule has 0 amide bonds. The van der Waals surface area contributed by atoms with Gasteiger partial charge in [-0.3, -0.25) is 0 Å². The number of hydrogen-bond acceptors (Lipinski definition) is 3. The number of ether oxygens (including phenoxy) is 1. The number of methoxy groups -OCH3 is 1. The first kappa shape index (κ1) is 13.2. The molecule has 4 heteroatoms. The molecule has 2 aromatic carbocycles. The van der Waals surface area contributed by atoms with Crippen LogP contribution in [-0.4, -0.2) is 16.7 Å². The third kappa shape index (κ3) is 3.23. The Morgan fingerprint density at radius 1 is 1.14 bits per heavy atom. The Morgan fingerprint density at radius 2 is 2.00 bits per heavy atom. The highest BCUT2D eigenvalue weighted by molar-refractivity contribution is 5.48. The number of rotatable bonds is 5. The van der Waals surface area contributed by atoms with Crippen molar-refractivity contribution in [2.45, 2.75) is 6.54 Å². The van der Waals surface area contributed by atoms with Crippen LogP contribution in [-0.2, 0) is 6.54 Å². The molecule has 3 aromatic rings. The van der Waals surface area contributed by atoms with Crippen LogP contribution < -0.4 is 10.1 Å². The highest BCUT2D eigenvalue weighted by Gasteiger charge is 1.98. The lowest BCUT2D eigenvalue weighted by molar-refractivity contribution is 0.415. The zero-order valence-corrected chi connectivity index (χ0v) is 11.9. The zero-order chi connectivity index (χ0) is 14.5. The Labute approximate surface area is 124 Å². The summed E-state index contributed by atoms with van der Waals surface area (Å²) in [6, 6.07) is 16.3. The average Bonchev–Trinajstić information content (AvgIpc) is 3.08. The predicted octanol–water partition coefficient (Wildman–Crippen LogP) is 3.49. The van der Waals surface area contributed by atoms with E-state index in [4.69, 9.17) is 4.74 Å². The normalized spacial score (nSPS) is 10.3. The maximum absolute atomic E-state index is 5.22. The first-order chi connectivity index (χ1) is 10.3. The second kappa shape index (κ2) is 6.13. The molecule has 0 spiro atoms. The first-order valence-corrected chi connectivity index (χ1v) is 6.80. The molecule has 0 fully saturated rings. The number of benzene rings is 2. The van der Waals surface area contributed by atoms with Gasteiger partial charge in [0.1, 0.15) is 5.75 Å². The summed E-state index contributed by atoms with van der Waals surface area (Å²) in [4.78, 5) is 4.05. The van der Waals surface area contributed by atoms with Gasteiger partial charge in [0, 0.05) is 36.4 Å². The molecule has 0 saturated heterocycles. The van der Waals surface area contributed by atoms with Crippen LogP contribution in [0.1, 0.15) is 5.56 Å². The lowest BCUT2D eigenvalue weighted by Crippen LogP contribution is -2.00. The van der Waals surface area contributed by atoms with Crippen molar-refractivity contribution in [3.05, 3.63) is 72.8 Å². The van der Waals surface area contributed by atoms with E-state index in [2.05, 4.69) is 34.6 Å². The Bertz CT molecular complexity index is 690. The molecular formula is C17H17N3O. The van der Waals surface area contributed by atoms with Gasteiger partial charge in [0.25, 0.3) is 0 Å². The third-order valence-electron chi connectivity index (χ3n) is 3.31. The molecule has 1 aromatic heterocycles. The number of nitrogens with one attached hydrogen (secondary N) is 1. The third-order valence-corrected chi connectivity index (χ3v) is 3.31. The van der Waals surface area contributed by atoms with Gasteiger partial charge in [0.15, 0.2) is 0 Å². The van der Waals surface area contributed by atoms with Gasteiger partial charge >= 0.3 is 0 Å². The van der Waals surface area contributed by atoms with Crippen molar-refractivity contribution in [3.8, 4) is 11.4 Å². The fraction of sp³-hybridized carbons (Fsp3) is 0.118. The van der Waals surface area contributed by atoms with E-state index in [0.717, 1.165) is 23.7 Å². The molecule has 1 N–H and O–H groups in total. The molecule has 4 nitrogen and oxygen atoms in total. The van der Waals surface area contributed by atoms with E-state index in [1.165, 1.54) is 5.56 Å². The molecule has 0 bridgehead atoms. The zero-order valence-electron chi connectivity index (χ0n) is 11.9. The standard InChI is InChI=1S/C17H17N3O/c1-21-17-4-2-3-15(11-17)19-12-14-5-7-16(8-6-14)20-10-9-18-13-20/h2-11,13,19H,12H2,1H3. The minimum atomic E-state index is 0.775. The molecule has 0 aliphatic heterocycles. The minimum Gasteiger partial charge on any atom is -0.497 e. The van der Waals surface area contributed by atoms with Crippen LogP contribution in [0.4, 0.5) is 5.69 Å². The Morgan fingerprint density at radius 3 is 2.71 bits per heavy atom. The van der Waals surface area contributed by atoms with Crippen LogP contribution in [0.2, 0.25) is 0 Å². The average molecular weight is 279 g/mol. The summed E-state index contributed by atoms with van der Waals surface area (Å²) in [5.74, 6) is 0.857. The monoisotopic (exact) mass is 279 g/mol. The van der Waals surface area contributed by atoms with Crippen LogP contribution in [0.5, 0.6) is 5.75 Å². The Kier molecular flexibility index (Phi) is 3.87. The number of imidazole rings is 1. The summed E-state index contributed by atoms with van der Waals surface area (Å²) in [6.07, 6.45) is 5.51. The van der Waals surface area contributed by atoms with E-state index in [9.17, 15) is 0 Å². The smallest absolute Gasteiger partial charge is 0.120 e. The summed E-state index contributed by atoms with van der Waals surface area (Å²) in [5, 5.41) is 3.39. The van der Waals surface area contributed by atoms with E-state index in [1.807, 2.05) is 35.0 Å². The van der Waals surface area contributed by atoms with E-state index in [-0.39, 0.29) is 0 Å². The van der Waals surface area contributed by atoms with Crippen LogP contribution in [0.25, 0.3) is 5.69 Å². The minimum absolute atomic E-state index is 0.775. The van der Waals surface area contributed by atoms with Crippen LogP contribution in [0, 0.1) is 0 Å². The molecule has 106 valence electrons. The molecule has 0 aliphatic rings.